The summed E-state index contributed by atoms with van der Waals surface area (Å²) < 4.78 is 5.70. The van der Waals surface area contributed by atoms with E-state index in [4.69, 9.17) is 4.74 Å². The van der Waals surface area contributed by atoms with Gasteiger partial charge in [0.2, 0.25) is 17.7 Å². The van der Waals surface area contributed by atoms with Crippen LogP contribution in [0.1, 0.15) is 49.7 Å². The lowest BCUT2D eigenvalue weighted by Gasteiger charge is -2.29. The highest BCUT2D eigenvalue weighted by molar-refractivity contribution is 5.98. The smallest absolute Gasteiger partial charge is 0.252 e. The second-order valence-electron chi connectivity index (χ2n) is 10.0. The van der Waals surface area contributed by atoms with Crippen molar-refractivity contribution in [3.05, 3.63) is 48.0 Å². The predicted molar refractivity (Wildman–Crippen MR) is 137 cm³/mol. The van der Waals surface area contributed by atoms with Crippen molar-refractivity contribution in [2.24, 2.45) is 5.41 Å². The van der Waals surface area contributed by atoms with E-state index in [1.807, 2.05) is 20.8 Å². The first-order valence-corrected chi connectivity index (χ1v) is 12.5. The number of nitrogens with one attached hydrogen (secondary N) is 4. The van der Waals surface area contributed by atoms with Crippen molar-refractivity contribution in [1.29, 1.82) is 0 Å². The summed E-state index contributed by atoms with van der Waals surface area (Å²) in [6, 6.07) is 5.80. The van der Waals surface area contributed by atoms with Crippen LogP contribution in [0.4, 0.5) is 0 Å². The topological polar surface area (TPSA) is 146 Å². The van der Waals surface area contributed by atoms with Gasteiger partial charge >= 0.3 is 0 Å². The zero-order chi connectivity index (χ0) is 26.8. The van der Waals surface area contributed by atoms with Crippen molar-refractivity contribution < 1.29 is 23.9 Å². The van der Waals surface area contributed by atoms with Gasteiger partial charge in [0.05, 0.1) is 19.4 Å². The SMILES string of the molecule is CC(C)(C)C(=O)N1CCCCNC(=O)[C@H](Cc2cnc[nH]2)NC(=O)c2cccc(c2)OCCNC(=O)C1. The number of fused-ring (bicyclic) bond motifs is 2. The minimum absolute atomic E-state index is 0.0530. The summed E-state index contributed by atoms with van der Waals surface area (Å²) in [6.45, 7) is 6.58. The molecule has 11 heteroatoms. The lowest BCUT2D eigenvalue weighted by molar-refractivity contribution is -0.142. The average molecular weight is 513 g/mol. The molecule has 1 aliphatic heterocycles. The van der Waals surface area contributed by atoms with E-state index >= 15 is 0 Å². The largest absolute Gasteiger partial charge is 0.492 e. The minimum atomic E-state index is -0.819. The van der Waals surface area contributed by atoms with Gasteiger partial charge in [-0.25, -0.2) is 4.98 Å². The Hall–Kier alpha value is -3.89. The summed E-state index contributed by atoms with van der Waals surface area (Å²) >= 11 is 0. The van der Waals surface area contributed by atoms with E-state index in [0.29, 0.717) is 42.9 Å². The summed E-state index contributed by atoms with van der Waals surface area (Å²) in [5.74, 6) is -0.669. The van der Waals surface area contributed by atoms with Gasteiger partial charge in [-0.15, -0.1) is 0 Å². The molecule has 0 saturated carbocycles. The molecule has 2 heterocycles. The number of nitrogens with zero attached hydrogens (tertiary/aromatic N) is 2. The second kappa shape index (κ2) is 12.9. The predicted octanol–water partition coefficient (Wildman–Crippen LogP) is 1.03. The fourth-order valence-electron chi connectivity index (χ4n) is 3.87. The summed E-state index contributed by atoms with van der Waals surface area (Å²) in [5.41, 5.74) is 0.429. The number of ether oxygens (including phenoxy) is 1. The van der Waals surface area contributed by atoms with Crippen LogP contribution in [-0.2, 0) is 20.8 Å². The molecule has 2 bridgehead atoms. The third kappa shape index (κ3) is 8.62. The lowest BCUT2D eigenvalue weighted by atomic mass is 9.94. The number of hydrogen-bond acceptors (Lipinski definition) is 6. The molecule has 0 saturated heterocycles. The summed E-state index contributed by atoms with van der Waals surface area (Å²) in [5, 5.41) is 8.46. The van der Waals surface area contributed by atoms with Crippen molar-refractivity contribution in [3.63, 3.8) is 0 Å². The maximum absolute atomic E-state index is 13.0. The first kappa shape index (κ1) is 27.7. The monoisotopic (exact) mass is 512 g/mol. The zero-order valence-corrected chi connectivity index (χ0v) is 21.6. The number of amides is 4. The molecule has 4 N–H and O–H groups in total. The van der Waals surface area contributed by atoms with Gasteiger partial charge in [-0.05, 0) is 31.0 Å². The highest BCUT2D eigenvalue weighted by Gasteiger charge is 2.28. The molecule has 200 valence electrons. The van der Waals surface area contributed by atoms with Crippen molar-refractivity contribution in [3.8, 4) is 5.75 Å². The summed E-state index contributed by atoms with van der Waals surface area (Å²) in [7, 11) is 0. The maximum Gasteiger partial charge on any atom is 0.252 e. The number of aromatic nitrogens is 2. The van der Waals surface area contributed by atoms with Crippen LogP contribution in [0.25, 0.3) is 0 Å². The van der Waals surface area contributed by atoms with Crippen molar-refractivity contribution >= 4 is 23.6 Å². The van der Waals surface area contributed by atoms with Gasteiger partial charge in [-0.1, -0.05) is 26.8 Å². The van der Waals surface area contributed by atoms with Gasteiger partial charge in [0.1, 0.15) is 18.4 Å². The highest BCUT2D eigenvalue weighted by atomic mass is 16.5. The van der Waals surface area contributed by atoms with E-state index in [1.54, 1.807) is 35.4 Å². The average Bonchev–Trinajstić information content (AvgIpc) is 3.37. The normalized spacial score (nSPS) is 18.8. The molecular weight excluding hydrogens is 476 g/mol. The molecule has 1 aromatic heterocycles. The molecule has 1 aliphatic rings. The highest BCUT2D eigenvalue weighted by Crippen LogP contribution is 2.18. The Bertz CT molecular complexity index is 1080. The van der Waals surface area contributed by atoms with E-state index in [1.165, 1.54) is 6.33 Å². The molecule has 1 atom stereocenters. The van der Waals surface area contributed by atoms with E-state index in [-0.39, 0.29) is 43.8 Å². The molecule has 3 rings (SSSR count). The number of benzene rings is 1. The maximum atomic E-state index is 13.0. The first-order chi connectivity index (χ1) is 17.6. The van der Waals surface area contributed by atoms with Crippen LogP contribution in [0.3, 0.4) is 0 Å². The second-order valence-corrected chi connectivity index (χ2v) is 10.0. The molecule has 0 unspecified atom stereocenters. The molecule has 4 amide bonds. The van der Waals surface area contributed by atoms with Gasteiger partial charge in [0, 0.05) is 42.4 Å². The molecule has 1 aromatic carbocycles. The van der Waals surface area contributed by atoms with Crippen molar-refractivity contribution in [2.45, 2.75) is 46.1 Å². The molecular formula is C26H36N6O5. The van der Waals surface area contributed by atoms with Crippen molar-refractivity contribution in [2.75, 3.05) is 32.8 Å². The van der Waals surface area contributed by atoms with E-state index < -0.39 is 17.4 Å². The Kier molecular flexibility index (Phi) is 9.64. The number of rotatable bonds is 2. The quantitative estimate of drug-likeness (QED) is 0.473. The molecule has 37 heavy (non-hydrogen) atoms. The Balaban J connectivity index is 1.76. The van der Waals surface area contributed by atoms with Crippen LogP contribution < -0.4 is 20.7 Å². The molecule has 0 fully saturated rings. The van der Waals surface area contributed by atoms with E-state index in [2.05, 4.69) is 25.9 Å². The van der Waals surface area contributed by atoms with Crippen LogP contribution in [0, 0.1) is 5.41 Å². The summed E-state index contributed by atoms with van der Waals surface area (Å²) in [4.78, 5) is 59.9. The zero-order valence-electron chi connectivity index (χ0n) is 21.6. The van der Waals surface area contributed by atoms with Gasteiger partial charge in [-0.2, -0.15) is 0 Å². The Morgan fingerprint density at radius 2 is 1.95 bits per heavy atom. The fourth-order valence-corrected chi connectivity index (χ4v) is 3.87. The Morgan fingerprint density at radius 3 is 2.68 bits per heavy atom. The number of H-pyrrole nitrogens is 1. The van der Waals surface area contributed by atoms with Crippen LogP contribution >= 0.6 is 0 Å². The van der Waals surface area contributed by atoms with Gasteiger partial charge in [0.25, 0.3) is 5.91 Å². The van der Waals surface area contributed by atoms with Crippen molar-refractivity contribution in [1.82, 2.24) is 30.8 Å². The van der Waals surface area contributed by atoms with Crippen LogP contribution in [0.2, 0.25) is 0 Å². The fraction of sp³-hybridized carbons (Fsp3) is 0.500. The third-order valence-electron chi connectivity index (χ3n) is 5.81. The lowest BCUT2D eigenvalue weighted by Crippen LogP contribution is -2.48. The molecule has 0 spiro atoms. The summed E-state index contributed by atoms with van der Waals surface area (Å²) in [6.07, 6.45) is 4.57. The van der Waals surface area contributed by atoms with Gasteiger partial charge in [-0.3, -0.25) is 19.2 Å². The van der Waals surface area contributed by atoms with E-state index in [0.717, 1.165) is 0 Å². The van der Waals surface area contributed by atoms with Crippen LogP contribution in [0.5, 0.6) is 5.75 Å². The number of carbonyl (C=O) groups is 4. The number of aromatic amines is 1. The number of imidazole rings is 1. The first-order valence-electron chi connectivity index (χ1n) is 12.5. The van der Waals surface area contributed by atoms with Gasteiger partial charge < -0.3 is 30.6 Å². The molecule has 2 aromatic rings. The van der Waals surface area contributed by atoms with E-state index in [9.17, 15) is 19.2 Å². The van der Waals surface area contributed by atoms with Crippen LogP contribution in [0.15, 0.2) is 36.8 Å². The molecule has 0 aliphatic carbocycles. The Morgan fingerprint density at radius 1 is 1.14 bits per heavy atom. The van der Waals surface area contributed by atoms with Gasteiger partial charge in [0.15, 0.2) is 0 Å². The number of hydrogen-bond donors (Lipinski definition) is 4. The third-order valence-corrected chi connectivity index (χ3v) is 5.81. The molecule has 11 nitrogen and oxygen atoms in total. The standard InChI is InChI=1S/C26H36N6O5/c1-26(2,3)25(36)32-11-5-4-9-29-24(35)21(14-19-15-27-17-30-19)31-23(34)18-7-6-8-20(13-18)37-12-10-28-22(33)16-32/h6-8,13,15,17,21H,4-5,9-12,14,16H2,1-3H3,(H,27,30)(H,28,33)(H,29,35)(H,31,34)/t21-/m0/s1. The Labute approximate surface area is 216 Å². The molecule has 0 radical (unpaired) electrons. The minimum Gasteiger partial charge on any atom is -0.492 e. The van der Waals surface area contributed by atoms with Crippen LogP contribution in [-0.4, -0.2) is 77.3 Å². The number of carbonyl (C=O) groups excluding carboxylic acids is 4.